The summed E-state index contributed by atoms with van der Waals surface area (Å²) in [5.41, 5.74) is 3.01. The standard InChI is InChI=1S/C23H18Cl2N2O2S2/c1-12-4-6-15(7-5-12)19(28)11-30-23-26-21-20(13(2)14(3)31-21)22(29)27(23)16-8-9-17(24)18(25)10-16/h4-10H,11H2,1-3H3. The smallest absolute Gasteiger partial charge is 0.267 e. The molecule has 4 nitrogen and oxygen atoms in total. The van der Waals surface area contributed by atoms with Gasteiger partial charge in [-0.1, -0.05) is 64.8 Å². The maximum atomic E-state index is 13.5. The van der Waals surface area contributed by atoms with E-state index in [-0.39, 0.29) is 17.1 Å². The van der Waals surface area contributed by atoms with Gasteiger partial charge in [0, 0.05) is 10.4 Å². The highest BCUT2D eigenvalue weighted by Crippen LogP contribution is 2.31. The van der Waals surface area contributed by atoms with Gasteiger partial charge >= 0.3 is 0 Å². The number of aryl methyl sites for hydroxylation is 3. The van der Waals surface area contributed by atoms with Crippen molar-refractivity contribution < 1.29 is 4.79 Å². The quantitative estimate of drug-likeness (QED) is 0.179. The lowest BCUT2D eigenvalue weighted by Gasteiger charge is -2.13. The lowest BCUT2D eigenvalue weighted by molar-refractivity contribution is 0.102. The van der Waals surface area contributed by atoms with Gasteiger partial charge in [0.15, 0.2) is 10.9 Å². The average Bonchev–Trinajstić information content (AvgIpc) is 3.02. The summed E-state index contributed by atoms with van der Waals surface area (Å²) in [6, 6.07) is 12.5. The monoisotopic (exact) mass is 488 g/mol. The minimum absolute atomic E-state index is 0.0291. The molecule has 31 heavy (non-hydrogen) atoms. The molecule has 158 valence electrons. The van der Waals surface area contributed by atoms with Gasteiger partial charge in [-0.2, -0.15) is 0 Å². The van der Waals surface area contributed by atoms with Gasteiger partial charge in [-0.3, -0.25) is 14.2 Å². The van der Waals surface area contributed by atoms with E-state index in [0.717, 1.165) is 16.0 Å². The van der Waals surface area contributed by atoms with Gasteiger partial charge in [-0.05, 0) is 44.5 Å². The van der Waals surface area contributed by atoms with E-state index in [0.29, 0.717) is 36.7 Å². The van der Waals surface area contributed by atoms with Crippen LogP contribution in [0.5, 0.6) is 0 Å². The summed E-state index contributed by atoms with van der Waals surface area (Å²) in [5.74, 6) is 0.129. The van der Waals surface area contributed by atoms with E-state index in [1.807, 2.05) is 45.0 Å². The van der Waals surface area contributed by atoms with E-state index in [4.69, 9.17) is 28.2 Å². The topological polar surface area (TPSA) is 52.0 Å². The number of thiophene rings is 1. The molecule has 0 saturated carbocycles. The molecule has 0 atom stereocenters. The van der Waals surface area contributed by atoms with Crippen LogP contribution in [0.2, 0.25) is 10.0 Å². The second-order valence-corrected chi connectivity index (χ2v) is 10.1. The first kappa shape index (κ1) is 22.1. The summed E-state index contributed by atoms with van der Waals surface area (Å²) in [4.78, 5) is 32.6. The first-order valence-corrected chi connectivity index (χ1v) is 12.0. The highest BCUT2D eigenvalue weighted by Gasteiger charge is 2.19. The van der Waals surface area contributed by atoms with E-state index in [2.05, 4.69) is 0 Å². The number of benzene rings is 2. The summed E-state index contributed by atoms with van der Waals surface area (Å²) in [6.45, 7) is 5.87. The lowest BCUT2D eigenvalue weighted by Crippen LogP contribution is -2.22. The van der Waals surface area contributed by atoms with E-state index >= 15 is 0 Å². The first-order valence-electron chi connectivity index (χ1n) is 9.47. The van der Waals surface area contributed by atoms with Crippen LogP contribution in [0.3, 0.4) is 0 Å². The number of halogens is 2. The zero-order chi connectivity index (χ0) is 22.3. The predicted octanol–water partition coefficient (Wildman–Crippen LogP) is 6.65. The molecule has 0 saturated heterocycles. The molecule has 0 unspecified atom stereocenters. The van der Waals surface area contributed by atoms with Crippen molar-refractivity contribution in [1.82, 2.24) is 9.55 Å². The number of hydrogen-bond donors (Lipinski definition) is 0. The zero-order valence-electron chi connectivity index (χ0n) is 17.0. The minimum Gasteiger partial charge on any atom is -0.293 e. The summed E-state index contributed by atoms with van der Waals surface area (Å²) >= 11 is 15.0. The first-order chi connectivity index (χ1) is 14.8. The minimum atomic E-state index is -0.185. The summed E-state index contributed by atoms with van der Waals surface area (Å²) < 4.78 is 1.51. The van der Waals surface area contributed by atoms with E-state index in [9.17, 15) is 9.59 Å². The molecule has 0 aliphatic rings. The number of thioether (sulfide) groups is 1. The molecule has 0 amide bonds. The molecular weight excluding hydrogens is 471 g/mol. The van der Waals surface area contributed by atoms with Gasteiger partial charge in [0.05, 0.1) is 26.9 Å². The maximum absolute atomic E-state index is 13.5. The summed E-state index contributed by atoms with van der Waals surface area (Å²) in [5, 5.41) is 1.77. The number of rotatable bonds is 5. The molecular formula is C23H18Cl2N2O2S2. The van der Waals surface area contributed by atoms with Gasteiger partial charge in [0.2, 0.25) is 0 Å². The number of ketones is 1. The molecule has 4 rings (SSSR count). The van der Waals surface area contributed by atoms with Gasteiger partial charge in [-0.25, -0.2) is 4.98 Å². The number of aromatic nitrogens is 2. The Labute approximate surface area is 197 Å². The van der Waals surface area contributed by atoms with Crippen LogP contribution >= 0.6 is 46.3 Å². The van der Waals surface area contributed by atoms with Gasteiger partial charge in [-0.15, -0.1) is 11.3 Å². The van der Waals surface area contributed by atoms with Crippen LogP contribution in [0.25, 0.3) is 15.9 Å². The Bertz CT molecular complexity index is 1380. The Morgan fingerprint density at radius 1 is 1.06 bits per heavy atom. The van der Waals surface area contributed by atoms with E-state index in [1.54, 1.807) is 18.2 Å². The van der Waals surface area contributed by atoms with Crippen LogP contribution in [0, 0.1) is 20.8 Å². The fourth-order valence-electron chi connectivity index (χ4n) is 3.18. The van der Waals surface area contributed by atoms with Crippen molar-refractivity contribution in [2.24, 2.45) is 0 Å². The molecule has 0 spiro atoms. The molecule has 4 aromatic rings. The van der Waals surface area contributed by atoms with E-state index in [1.165, 1.54) is 27.7 Å². The molecule has 2 heterocycles. The Balaban J connectivity index is 1.81. The van der Waals surface area contributed by atoms with Crippen LogP contribution in [0.1, 0.15) is 26.4 Å². The fraction of sp³-hybridized carbons (Fsp3) is 0.174. The molecule has 0 fully saturated rings. The fourth-order valence-corrected chi connectivity index (χ4v) is 5.45. The summed E-state index contributed by atoms with van der Waals surface area (Å²) in [6.07, 6.45) is 0. The van der Waals surface area contributed by atoms with Crippen LogP contribution in [0.15, 0.2) is 52.4 Å². The second-order valence-electron chi connectivity index (χ2n) is 7.17. The highest BCUT2D eigenvalue weighted by molar-refractivity contribution is 7.99. The van der Waals surface area contributed by atoms with Crippen LogP contribution in [0.4, 0.5) is 0 Å². The number of nitrogens with zero attached hydrogens (tertiary/aromatic N) is 2. The molecule has 0 bridgehead atoms. The largest absolute Gasteiger partial charge is 0.293 e. The van der Waals surface area contributed by atoms with Crippen molar-refractivity contribution in [1.29, 1.82) is 0 Å². The van der Waals surface area contributed by atoms with Crippen LogP contribution in [-0.4, -0.2) is 21.1 Å². The van der Waals surface area contributed by atoms with Gasteiger partial charge in [0.1, 0.15) is 4.83 Å². The Morgan fingerprint density at radius 2 is 1.77 bits per heavy atom. The second kappa shape index (κ2) is 8.79. The van der Waals surface area contributed by atoms with Crippen molar-refractivity contribution in [3.05, 3.63) is 84.4 Å². The Hall–Kier alpha value is -2.12. The van der Waals surface area contributed by atoms with Crippen molar-refractivity contribution in [3.63, 3.8) is 0 Å². The third kappa shape index (κ3) is 4.30. The van der Waals surface area contributed by atoms with E-state index < -0.39 is 0 Å². The highest BCUT2D eigenvalue weighted by atomic mass is 35.5. The molecule has 0 N–H and O–H groups in total. The zero-order valence-corrected chi connectivity index (χ0v) is 20.2. The van der Waals surface area contributed by atoms with Crippen molar-refractivity contribution in [3.8, 4) is 5.69 Å². The molecule has 0 radical (unpaired) electrons. The summed E-state index contributed by atoms with van der Waals surface area (Å²) in [7, 11) is 0. The number of carbonyl (C=O) groups excluding carboxylic acids is 1. The van der Waals surface area contributed by atoms with Crippen molar-refractivity contribution in [2.45, 2.75) is 25.9 Å². The van der Waals surface area contributed by atoms with Crippen LogP contribution < -0.4 is 5.56 Å². The van der Waals surface area contributed by atoms with Gasteiger partial charge < -0.3 is 0 Å². The maximum Gasteiger partial charge on any atom is 0.267 e. The lowest BCUT2D eigenvalue weighted by atomic mass is 10.1. The SMILES string of the molecule is Cc1ccc(C(=O)CSc2nc3sc(C)c(C)c3c(=O)n2-c2ccc(Cl)c(Cl)c2)cc1. The number of fused-ring (bicyclic) bond motifs is 1. The Kier molecular flexibility index (Phi) is 6.26. The number of Topliss-reactive ketones (excluding diaryl/α,β-unsaturated/α-hetero) is 1. The molecule has 8 heteroatoms. The third-order valence-corrected chi connectivity index (χ3v) is 7.82. The van der Waals surface area contributed by atoms with Crippen molar-refractivity contribution >= 4 is 62.3 Å². The average molecular weight is 489 g/mol. The molecule has 0 aliphatic carbocycles. The van der Waals surface area contributed by atoms with Crippen molar-refractivity contribution in [2.75, 3.05) is 5.75 Å². The third-order valence-electron chi connectivity index (χ3n) is 5.04. The Morgan fingerprint density at radius 3 is 2.45 bits per heavy atom. The number of carbonyl (C=O) groups is 1. The van der Waals surface area contributed by atoms with Gasteiger partial charge in [0.25, 0.3) is 5.56 Å². The normalized spacial score (nSPS) is 11.3. The predicted molar refractivity (Wildman–Crippen MR) is 131 cm³/mol. The number of hydrogen-bond acceptors (Lipinski definition) is 5. The van der Waals surface area contributed by atoms with Crippen LogP contribution in [-0.2, 0) is 0 Å². The molecule has 2 aromatic carbocycles. The molecule has 0 aliphatic heterocycles. The molecule has 2 aromatic heterocycles.